The van der Waals surface area contributed by atoms with Crippen molar-refractivity contribution >= 4 is 17.5 Å². The summed E-state index contributed by atoms with van der Waals surface area (Å²) < 4.78 is 0. The molecule has 3 rings (SSSR count). The Labute approximate surface area is 143 Å². The molecule has 0 saturated carbocycles. The summed E-state index contributed by atoms with van der Waals surface area (Å²) >= 11 is 0. The monoisotopic (exact) mass is 330 g/mol. The van der Waals surface area contributed by atoms with Crippen molar-refractivity contribution in [2.45, 2.75) is 45.1 Å². The number of likely N-dealkylation sites (tertiary alicyclic amines) is 1. The number of piperidine rings is 1. The molecule has 24 heavy (non-hydrogen) atoms. The highest BCUT2D eigenvalue weighted by molar-refractivity contribution is 5.93. The van der Waals surface area contributed by atoms with Crippen molar-refractivity contribution in [1.82, 2.24) is 15.2 Å². The summed E-state index contributed by atoms with van der Waals surface area (Å²) in [5.41, 5.74) is 1.38. The average molecular weight is 330 g/mol. The molecule has 0 aliphatic carbocycles. The fourth-order valence-corrected chi connectivity index (χ4v) is 3.64. The molecule has 2 amide bonds. The summed E-state index contributed by atoms with van der Waals surface area (Å²) in [7, 11) is 0. The molecule has 6 heteroatoms. The highest BCUT2D eigenvalue weighted by Crippen LogP contribution is 2.24. The van der Waals surface area contributed by atoms with E-state index in [9.17, 15) is 9.59 Å². The van der Waals surface area contributed by atoms with E-state index in [1.165, 1.54) is 6.42 Å². The Morgan fingerprint density at radius 1 is 1.38 bits per heavy atom. The second-order valence-corrected chi connectivity index (χ2v) is 6.61. The van der Waals surface area contributed by atoms with Gasteiger partial charge in [0.15, 0.2) is 0 Å². The van der Waals surface area contributed by atoms with E-state index in [0.717, 1.165) is 44.5 Å². The molecule has 130 valence electrons. The van der Waals surface area contributed by atoms with E-state index in [-0.39, 0.29) is 11.8 Å². The Morgan fingerprint density at radius 2 is 2.25 bits per heavy atom. The summed E-state index contributed by atoms with van der Waals surface area (Å²) in [6.07, 6.45) is 7.17. The normalized spacial score (nSPS) is 21.5. The van der Waals surface area contributed by atoms with E-state index in [4.69, 9.17) is 0 Å². The third kappa shape index (κ3) is 3.68. The minimum absolute atomic E-state index is 0.0185. The highest BCUT2D eigenvalue weighted by atomic mass is 16.2. The van der Waals surface area contributed by atoms with Crippen LogP contribution in [0, 0.1) is 0 Å². The van der Waals surface area contributed by atoms with Crippen molar-refractivity contribution in [2.24, 2.45) is 0 Å². The van der Waals surface area contributed by atoms with Gasteiger partial charge in [-0.3, -0.25) is 14.6 Å². The quantitative estimate of drug-likeness (QED) is 0.914. The van der Waals surface area contributed by atoms with Gasteiger partial charge in [0.2, 0.25) is 5.91 Å². The SMILES string of the molecule is CCC[C@@H]1CCCCN1C(=O)c1cc(N2CCNC(=O)C2)ccn1. The van der Waals surface area contributed by atoms with Gasteiger partial charge in [-0.15, -0.1) is 0 Å². The molecule has 0 unspecified atom stereocenters. The fourth-order valence-electron chi connectivity index (χ4n) is 3.64. The number of hydrogen-bond acceptors (Lipinski definition) is 4. The van der Waals surface area contributed by atoms with Gasteiger partial charge in [-0.2, -0.15) is 0 Å². The molecular formula is C18H26N4O2. The molecule has 6 nitrogen and oxygen atoms in total. The number of carbonyl (C=O) groups is 2. The average Bonchev–Trinajstić information content (AvgIpc) is 2.62. The van der Waals surface area contributed by atoms with E-state index in [2.05, 4.69) is 17.2 Å². The zero-order chi connectivity index (χ0) is 16.9. The number of carbonyl (C=O) groups excluding carboxylic acids is 2. The van der Waals surface area contributed by atoms with Gasteiger partial charge in [0, 0.05) is 37.6 Å². The van der Waals surface area contributed by atoms with Crippen LogP contribution >= 0.6 is 0 Å². The molecule has 2 saturated heterocycles. The van der Waals surface area contributed by atoms with Gasteiger partial charge in [-0.25, -0.2) is 0 Å². The Morgan fingerprint density at radius 3 is 3.04 bits per heavy atom. The van der Waals surface area contributed by atoms with E-state index in [1.807, 2.05) is 21.9 Å². The number of anilines is 1. The van der Waals surface area contributed by atoms with Crippen molar-refractivity contribution in [3.8, 4) is 0 Å². The van der Waals surface area contributed by atoms with Crippen LogP contribution in [0.3, 0.4) is 0 Å². The number of amides is 2. The van der Waals surface area contributed by atoms with Crippen LogP contribution < -0.4 is 10.2 Å². The first-order valence-corrected chi connectivity index (χ1v) is 8.97. The smallest absolute Gasteiger partial charge is 0.272 e. The molecule has 2 aliphatic rings. The lowest BCUT2D eigenvalue weighted by Gasteiger charge is -2.35. The van der Waals surface area contributed by atoms with Gasteiger partial charge in [-0.1, -0.05) is 13.3 Å². The standard InChI is InChI=1S/C18H26N4O2/c1-2-5-14-6-3-4-10-22(14)18(24)16-12-15(7-8-19-16)21-11-9-20-17(23)13-21/h7-8,12,14H,2-6,9-11,13H2,1H3,(H,20,23)/t14-/m1/s1. The lowest BCUT2D eigenvalue weighted by atomic mass is 9.98. The largest absolute Gasteiger partial charge is 0.360 e. The van der Waals surface area contributed by atoms with Crippen LogP contribution in [0.4, 0.5) is 5.69 Å². The van der Waals surface area contributed by atoms with Crippen LogP contribution in [0.2, 0.25) is 0 Å². The molecule has 0 radical (unpaired) electrons. The molecule has 2 fully saturated rings. The number of rotatable bonds is 4. The molecule has 1 aromatic rings. The van der Waals surface area contributed by atoms with Crippen LogP contribution in [-0.4, -0.2) is 53.9 Å². The molecule has 0 bridgehead atoms. The second kappa shape index (κ2) is 7.64. The van der Waals surface area contributed by atoms with Gasteiger partial charge in [-0.05, 0) is 37.8 Å². The van der Waals surface area contributed by atoms with Crippen molar-refractivity contribution in [3.05, 3.63) is 24.0 Å². The molecule has 3 heterocycles. The summed E-state index contributed by atoms with van der Waals surface area (Å²) in [6, 6.07) is 4.04. The Hall–Kier alpha value is -2.11. The van der Waals surface area contributed by atoms with E-state index >= 15 is 0 Å². The van der Waals surface area contributed by atoms with E-state index < -0.39 is 0 Å². The third-order valence-corrected chi connectivity index (χ3v) is 4.88. The zero-order valence-corrected chi connectivity index (χ0v) is 14.3. The number of nitrogens with one attached hydrogen (secondary N) is 1. The summed E-state index contributed by atoms with van der Waals surface area (Å²) in [4.78, 5) is 32.8. The van der Waals surface area contributed by atoms with Gasteiger partial charge in [0.05, 0.1) is 6.54 Å². The molecule has 2 aliphatic heterocycles. The Balaban J connectivity index is 1.77. The number of hydrogen-bond donors (Lipinski definition) is 1. The fraction of sp³-hybridized carbons (Fsp3) is 0.611. The maximum atomic E-state index is 12.9. The molecule has 1 atom stereocenters. The second-order valence-electron chi connectivity index (χ2n) is 6.61. The van der Waals surface area contributed by atoms with Crippen molar-refractivity contribution < 1.29 is 9.59 Å². The Bertz CT molecular complexity index is 602. The maximum Gasteiger partial charge on any atom is 0.272 e. The van der Waals surface area contributed by atoms with Gasteiger partial charge >= 0.3 is 0 Å². The van der Waals surface area contributed by atoms with Crippen LogP contribution in [0.15, 0.2) is 18.3 Å². The van der Waals surface area contributed by atoms with Crippen molar-refractivity contribution in [3.63, 3.8) is 0 Å². The highest BCUT2D eigenvalue weighted by Gasteiger charge is 2.28. The maximum absolute atomic E-state index is 12.9. The molecule has 1 aromatic heterocycles. The first-order chi connectivity index (χ1) is 11.7. The van der Waals surface area contributed by atoms with E-state index in [0.29, 0.717) is 24.8 Å². The van der Waals surface area contributed by atoms with Gasteiger partial charge in [0.25, 0.3) is 5.91 Å². The van der Waals surface area contributed by atoms with E-state index in [1.54, 1.807) is 6.20 Å². The molecule has 0 aromatic carbocycles. The zero-order valence-electron chi connectivity index (χ0n) is 14.3. The predicted octanol–water partition coefficient (Wildman–Crippen LogP) is 1.81. The first-order valence-electron chi connectivity index (χ1n) is 8.97. The molecule has 1 N–H and O–H groups in total. The Kier molecular flexibility index (Phi) is 5.33. The molecular weight excluding hydrogens is 304 g/mol. The topological polar surface area (TPSA) is 65.5 Å². The third-order valence-electron chi connectivity index (χ3n) is 4.88. The number of piperazine rings is 1. The van der Waals surface area contributed by atoms with Crippen LogP contribution in [0.1, 0.15) is 49.5 Å². The van der Waals surface area contributed by atoms with Gasteiger partial charge in [0.1, 0.15) is 5.69 Å². The van der Waals surface area contributed by atoms with Crippen LogP contribution in [0.25, 0.3) is 0 Å². The summed E-state index contributed by atoms with van der Waals surface area (Å²) in [5.74, 6) is 0.0430. The first kappa shape index (κ1) is 16.7. The van der Waals surface area contributed by atoms with Crippen molar-refractivity contribution in [2.75, 3.05) is 31.1 Å². The lowest BCUT2D eigenvalue weighted by molar-refractivity contribution is -0.120. The van der Waals surface area contributed by atoms with Crippen LogP contribution in [0.5, 0.6) is 0 Å². The summed E-state index contributed by atoms with van der Waals surface area (Å²) in [6.45, 7) is 4.71. The minimum atomic E-state index is 0.0185. The van der Waals surface area contributed by atoms with Gasteiger partial charge < -0.3 is 15.1 Å². The van der Waals surface area contributed by atoms with Crippen molar-refractivity contribution in [1.29, 1.82) is 0 Å². The number of aromatic nitrogens is 1. The van der Waals surface area contributed by atoms with Crippen LogP contribution in [-0.2, 0) is 4.79 Å². The number of nitrogens with zero attached hydrogens (tertiary/aromatic N) is 3. The number of pyridine rings is 1. The predicted molar refractivity (Wildman–Crippen MR) is 93.0 cm³/mol. The lowest BCUT2D eigenvalue weighted by Crippen LogP contribution is -2.48. The minimum Gasteiger partial charge on any atom is -0.360 e. The summed E-state index contributed by atoms with van der Waals surface area (Å²) in [5, 5.41) is 2.82. The molecule has 0 spiro atoms.